The van der Waals surface area contributed by atoms with Crippen molar-refractivity contribution in [3.8, 4) is 0 Å². The topological polar surface area (TPSA) is 68.0 Å². The van der Waals surface area contributed by atoms with Gasteiger partial charge in [-0.3, -0.25) is 0 Å². The summed E-state index contributed by atoms with van der Waals surface area (Å²) in [6.45, 7) is 3.90. The van der Waals surface area contributed by atoms with Gasteiger partial charge >= 0.3 is 5.97 Å². The third-order valence-corrected chi connectivity index (χ3v) is 1.46. The lowest BCUT2D eigenvalue weighted by Crippen LogP contribution is -2.05. The first kappa shape index (κ1) is 9.44. The van der Waals surface area contributed by atoms with Crippen LogP contribution in [0.5, 0.6) is 0 Å². The molecule has 1 N–H and O–H groups in total. The lowest BCUT2D eigenvalue weighted by molar-refractivity contribution is -0.131. The predicted molar refractivity (Wildman–Crippen MR) is 47.1 cm³/mol. The fourth-order valence-corrected chi connectivity index (χ4v) is 0.922. The number of nitrogens with zero attached hydrogens (tertiary/aromatic N) is 3. The van der Waals surface area contributed by atoms with E-state index in [2.05, 4.69) is 10.1 Å². The van der Waals surface area contributed by atoms with E-state index in [4.69, 9.17) is 5.11 Å². The quantitative estimate of drug-likeness (QED) is 0.705. The zero-order chi connectivity index (χ0) is 9.84. The van der Waals surface area contributed by atoms with Gasteiger partial charge in [0.25, 0.3) is 0 Å². The van der Waals surface area contributed by atoms with Crippen LogP contribution in [-0.2, 0) is 4.79 Å². The highest BCUT2D eigenvalue weighted by atomic mass is 16.4. The molecule has 0 amide bonds. The Balaban J connectivity index is 2.88. The molecule has 0 atom stereocenters. The van der Waals surface area contributed by atoms with Crippen LogP contribution >= 0.6 is 0 Å². The highest BCUT2D eigenvalue weighted by molar-refractivity contribution is 5.84. The molecule has 0 aliphatic heterocycles. The van der Waals surface area contributed by atoms with Gasteiger partial charge in [-0.05, 0) is 19.9 Å². The molecule has 5 heteroatoms. The molecule has 1 aromatic rings. The van der Waals surface area contributed by atoms with Gasteiger partial charge in [-0.1, -0.05) is 0 Å². The summed E-state index contributed by atoms with van der Waals surface area (Å²) >= 11 is 0. The first-order chi connectivity index (χ1) is 6.11. The number of carbonyl (C=O) groups is 1. The smallest absolute Gasteiger partial charge is 0.328 e. The average molecular weight is 181 g/mol. The van der Waals surface area contributed by atoms with Crippen LogP contribution in [0.25, 0.3) is 6.08 Å². The minimum atomic E-state index is -0.988. The fourth-order valence-electron chi connectivity index (χ4n) is 0.922. The third-order valence-electron chi connectivity index (χ3n) is 1.46. The maximum Gasteiger partial charge on any atom is 0.328 e. The molecule has 0 aliphatic rings. The lowest BCUT2D eigenvalue weighted by atomic mass is 10.4. The second-order valence-electron chi connectivity index (χ2n) is 2.83. The Kier molecular flexibility index (Phi) is 2.79. The number of rotatable bonds is 3. The van der Waals surface area contributed by atoms with Crippen LogP contribution in [0.4, 0.5) is 0 Å². The summed E-state index contributed by atoms with van der Waals surface area (Å²) in [6.07, 6.45) is 3.87. The monoisotopic (exact) mass is 181 g/mol. The Labute approximate surface area is 75.7 Å². The van der Waals surface area contributed by atoms with Gasteiger partial charge in [0.2, 0.25) is 0 Å². The summed E-state index contributed by atoms with van der Waals surface area (Å²) in [7, 11) is 0. The minimum absolute atomic E-state index is 0.177. The van der Waals surface area contributed by atoms with E-state index in [0.717, 1.165) is 6.08 Å². The molecule has 5 nitrogen and oxygen atoms in total. The Bertz CT molecular complexity index is 328. The molecule has 0 spiro atoms. The van der Waals surface area contributed by atoms with E-state index in [1.54, 1.807) is 4.68 Å². The van der Waals surface area contributed by atoms with E-state index in [0.29, 0.717) is 5.82 Å². The number of aromatic nitrogens is 3. The number of aliphatic carboxylic acids is 1. The van der Waals surface area contributed by atoms with Crippen LogP contribution in [0.2, 0.25) is 0 Å². The van der Waals surface area contributed by atoms with Gasteiger partial charge in [-0.2, -0.15) is 5.10 Å². The summed E-state index contributed by atoms with van der Waals surface area (Å²) in [6, 6.07) is 0.177. The molecule has 70 valence electrons. The second-order valence-corrected chi connectivity index (χ2v) is 2.83. The van der Waals surface area contributed by atoms with Gasteiger partial charge in [0.15, 0.2) is 5.82 Å². The van der Waals surface area contributed by atoms with Crippen LogP contribution < -0.4 is 0 Å². The molecule has 0 fully saturated rings. The first-order valence-electron chi connectivity index (χ1n) is 3.91. The largest absolute Gasteiger partial charge is 0.478 e. The van der Waals surface area contributed by atoms with E-state index in [-0.39, 0.29) is 6.04 Å². The van der Waals surface area contributed by atoms with Crippen LogP contribution in [0, 0.1) is 0 Å². The average Bonchev–Trinajstić information content (AvgIpc) is 2.47. The normalized spacial score (nSPS) is 11.3. The zero-order valence-corrected chi connectivity index (χ0v) is 7.51. The summed E-state index contributed by atoms with van der Waals surface area (Å²) in [5.74, 6) is -0.435. The van der Waals surface area contributed by atoms with E-state index in [1.165, 1.54) is 12.4 Å². The van der Waals surface area contributed by atoms with E-state index in [1.807, 2.05) is 13.8 Å². The fraction of sp³-hybridized carbons (Fsp3) is 0.375. The Morgan fingerprint density at radius 3 is 2.92 bits per heavy atom. The van der Waals surface area contributed by atoms with Crippen molar-refractivity contribution < 1.29 is 9.90 Å². The molecular weight excluding hydrogens is 170 g/mol. The number of carboxylic acids is 1. The summed E-state index contributed by atoms with van der Waals surface area (Å²) in [5, 5.41) is 12.4. The second kappa shape index (κ2) is 3.84. The lowest BCUT2D eigenvalue weighted by Gasteiger charge is -2.05. The first-order valence-corrected chi connectivity index (χ1v) is 3.91. The number of carboxylic acid groups (broad SMARTS) is 1. The maximum atomic E-state index is 10.2. The van der Waals surface area contributed by atoms with E-state index < -0.39 is 5.97 Å². The Morgan fingerprint density at radius 1 is 1.69 bits per heavy atom. The van der Waals surface area contributed by atoms with Gasteiger partial charge < -0.3 is 5.11 Å². The molecule has 0 unspecified atom stereocenters. The SMILES string of the molecule is CC(C)n1ncnc1/C=C/C(=O)O. The minimum Gasteiger partial charge on any atom is -0.478 e. The molecule has 1 rings (SSSR count). The van der Waals surface area contributed by atoms with E-state index >= 15 is 0 Å². The van der Waals surface area contributed by atoms with E-state index in [9.17, 15) is 4.79 Å². The summed E-state index contributed by atoms with van der Waals surface area (Å²) in [4.78, 5) is 14.1. The van der Waals surface area contributed by atoms with Crippen molar-refractivity contribution in [2.24, 2.45) is 0 Å². The predicted octanol–water partition coefficient (Wildman–Crippen LogP) is 0.957. The van der Waals surface area contributed by atoms with Gasteiger partial charge in [0.05, 0.1) is 0 Å². The highest BCUT2D eigenvalue weighted by Crippen LogP contribution is 2.06. The van der Waals surface area contributed by atoms with Crippen molar-refractivity contribution in [1.29, 1.82) is 0 Å². The molecule has 0 bridgehead atoms. The highest BCUT2D eigenvalue weighted by Gasteiger charge is 2.03. The van der Waals surface area contributed by atoms with Crippen LogP contribution in [-0.4, -0.2) is 25.8 Å². The van der Waals surface area contributed by atoms with Crippen molar-refractivity contribution in [2.75, 3.05) is 0 Å². The van der Waals surface area contributed by atoms with Gasteiger partial charge in [-0.25, -0.2) is 14.5 Å². The van der Waals surface area contributed by atoms with Crippen molar-refractivity contribution in [3.63, 3.8) is 0 Å². The zero-order valence-electron chi connectivity index (χ0n) is 7.51. The molecule has 0 saturated carbocycles. The van der Waals surface area contributed by atoms with Crippen molar-refractivity contribution in [1.82, 2.24) is 14.8 Å². The summed E-state index contributed by atoms with van der Waals surface area (Å²) in [5.41, 5.74) is 0. The summed E-state index contributed by atoms with van der Waals surface area (Å²) < 4.78 is 1.65. The molecule has 1 heterocycles. The molecule has 13 heavy (non-hydrogen) atoms. The molecule has 1 aromatic heterocycles. The Hall–Kier alpha value is -1.65. The molecular formula is C8H11N3O2. The standard InChI is InChI=1S/C8H11N3O2/c1-6(2)11-7(9-5-10-11)3-4-8(12)13/h3-6H,1-2H3,(H,12,13)/b4-3+. The van der Waals surface area contributed by atoms with Crippen LogP contribution in [0.1, 0.15) is 25.7 Å². The van der Waals surface area contributed by atoms with Crippen LogP contribution in [0.15, 0.2) is 12.4 Å². The Morgan fingerprint density at radius 2 is 2.38 bits per heavy atom. The van der Waals surface area contributed by atoms with Crippen molar-refractivity contribution in [2.45, 2.75) is 19.9 Å². The van der Waals surface area contributed by atoms with Gasteiger partial charge in [0.1, 0.15) is 6.33 Å². The molecule has 0 radical (unpaired) electrons. The number of hydrogen-bond donors (Lipinski definition) is 1. The van der Waals surface area contributed by atoms with Crippen LogP contribution in [0.3, 0.4) is 0 Å². The van der Waals surface area contributed by atoms with Crippen molar-refractivity contribution >= 4 is 12.0 Å². The van der Waals surface area contributed by atoms with Crippen molar-refractivity contribution in [3.05, 3.63) is 18.2 Å². The molecule has 0 saturated heterocycles. The number of hydrogen-bond acceptors (Lipinski definition) is 3. The molecule has 0 aromatic carbocycles. The third kappa shape index (κ3) is 2.40. The maximum absolute atomic E-state index is 10.2. The van der Waals surface area contributed by atoms with Gasteiger partial charge in [-0.15, -0.1) is 0 Å². The molecule has 0 aliphatic carbocycles. The van der Waals surface area contributed by atoms with Gasteiger partial charge in [0, 0.05) is 12.1 Å².